The van der Waals surface area contributed by atoms with Gasteiger partial charge in [-0.2, -0.15) is 4.31 Å². The SMILES string of the molecule is CCN(CC)S(=O)(=O)c1cc(C(=O)Nc2cc(OC)ccc2NC(C)=O)ccc1OC. The molecule has 2 N–H and O–H groups in total. The van der Waals surface area contributed by atoms with Crippen molar-refractivity contribution >= 4 is 33.2 Å². The number of nitrogens with zero attached hydrogens (tertiary/aromatic N) is 1. The van der Waals surface area contributed by atoms with Crippen molar-refractivity contribution in [1.29, 1.82) is 0 Å². The smallest absolute Gasteiger partial charge is 0.255 e. The Morgan fingerprint density at radius 1 is 0.935 bits per heavy atom. The molecule has 2 aromatic carbocycles. The molecule has 0 aliphatic heterocycles. The molecule has 2 rings (SSSR count). The van der Waals surface area contributed by atoms with Crippen LogP contribution in [0.3, 0.4) is 0 Å². The van der Waals surface area contributed by atoms with E-state index in [2.05, 4.69) is 10.6 Å². The van der Waals surface area contributed by atoms with Crippen molar-refractivity contribution in [2.75, 3.05) is 37.9 Å². The first-order chi connectivity index (χ1) is 14.7. The number of anilines is 2. The standard InChI is InChI=1S/C21H27N3O6S/c1-6-24(7-2)31(27,28)20-12-15(8-11-19(20)30-5)21(26)23-18-13-16(29-4)9-10-17(18)22-14(3)25/h8-13H,6-7H2,1-5H3,(H,22,25)(H,23,26). The number of hydrogen-bond acceptors (Lipinski definition) is 6. The summed E-state index contributed by atoms with van der Waals surface area (Å²) in [7, 11) is -1.01. The van der Waals surface area contributed by atoms with Gasteiger partial charge < -0.3 is 20.1 Å². The second-order valence-corrected chi connectivity index (χ2v) is 8.41. The van der Waals surface area contributed by atoms with E-state index in [0.717, 1.165) is 0 Å². The Morgan fingerprint density at radius 2 is 1.61 bits per heavy atom. The summed E-state index contributed by atoms with van der Waals surface area (Å²) >= 11 is 0. The molecule has 31 heavy (non-hydrogen) atoms. The molecular weight excluding hydrogens is 422 g/mol. The lowest BCUT2D eigenvalue weighted by atomic mass is 10.2. The molecule has 0 bridgehead atoms. The molecule has 168 valence electrons. The van der Waals surface area contributed by atoms with Gasteiger partial charge in [0.15, 0.2) is 0 Å². The van der Waals surface area contributed by atoms with E-state index in [1.165, 1.54) is 43.6 Å². The summed E-state index contributed by atoms with van der Waals surface area (Å²) in [6.45, 7) is 5.38. The van der Waals surface area contributed by atoms with Gasteiger partial charge in [-0.1, -0.05) is 13.8 Å². The van der Waals surface area contributed by atoms with Crippen LogP contribution in [-0.2, 0) is 14.8 Å². The lowest BCUT2D eigenvalue weighted by molar-refractivity contribution is -0.114. The molecule has 0 aliphatic carbocycles. The van der Waals surface area contributed by atoms with Crippen LogP contribution >= 0.6 is 0 Å². The first-order valence-electron chi connectivity index (χ1n) is 9.63. The van der Waals surface area contributed by atoms with E-state index in [1.807, 2.05) is 0 Å². The zero-order valence-electron chi connectivity index (χ0n) is 18.2. The van der Waals surface area contributed by atoms with E-state index in [4.69, 9.17) is 9.47 Å². The average molecular weight is 450 g/mol. The molecule has 0 heterocycles. The van der Waals surface area contributed by atoms with Gasteiger partial charge in [0.25, 0.3) is 5.91 Å². The summed E-state index contributed by atoms with van der Waals surface area (Å²) in [5, 5.41) is 5.33. The summed E-state index contributed by atoms with van der Waals surface area (Å²) in [5.41, 5.74) is 0.804. The average Bonchev–Trinajstić information content (AvgIpc) is 2.74. The summed E-state index contributed by atoms with van der Waals surface area (Å²) < 4.78 is 37.7. The van der Waals surface area contributed by atoms with Crippen molar-refractivity contribution in [2.45, 2.75) is 25.7 Å². The van der Waals surface area contributed by atoms with Gasteiger partial charge in [0.2, 0.25) is 15.9 Å². The molecule has 0 aliphatic rings. The quantitative estimate of drug-likeness (QED) is 0.608. The zero-order valence-corrected chi connectivity index (χ0v) is 19.0. The summed E-state index contributed by atoms with van der Waals surface area (Å²) in [5.74, 6) is -0.246. The zero-order chi connectivity index (χ0) is 23.2. The molecule has 2 aromatic rings. The summed E-state index contributed by atoms with van der Waals surface area (Å²) in [6, 6.07) is 8.97. The van der Waals surface area contributed by atoms with Gasteiger partial charge in [-0.25, -0.2) is 8.42 Å². The molecule has 2 amide bonds. The fourth-order valence-corrected chi connectivity index (χ4v) is 4.61. The van der Waals surface area contributed by atoms with Gasteiger partial charge in [0.05, 0.1) is 25.6 Å². The van der Waals surface area contributed by atoms with Crippen molar-refractivity contribution in [2.24, 2.45) is 0 Å². The maximum Gasteiger partial charge on any atom is 0.255 e. The van der Waals surface area contributed by atoms with Crippen LogP contribution in [0.1, 0.15) is 31.1 Å². The highest BCUT2D eigenvalue weighted by Gasteiger charge is 2.27. The van der Waals surface area contributed by atoms with Crippen molar-refractivity contribution in [3.8, 4) is 11.5 Å². The predicted octanol–water partition coefficient (Wildman–Crippen LogP) is 2.95. The molecule has 0 spiro atoms. The second kappa shape index (κ2) is 10.3. The first-order valence-corrected chi connectivity index (χ1v) is 11.1. The van der Waals surface area contributed by atoms with E-state index < -0.39 is 15.9 Å². The monoisotopic (exact) mass is 449 g/mol. The molecule has 0 saturated heterocycles. The van der Waals surface area contributed by atoms with E-state index in [9.17, 15) is 18.0 Å². The summed E-state index contributed by atoms with van der Waals surface area (Å²) in [6.07, 6.45) is 0. The number of carbonyl (C=O) groups is 2. The van der Waals surface area contributed by atoms with Crippen molar-refractivity contribution in [3.63, 3.8) is 0 Å². The number of sulfonamides is 1. The predicted molar refractivity (Wildman–Crippen MR) is 118 cm³/mol. The Labute approximate surface area is 182 Å². The van der Waals surface area contributed by atoms with E-state index in [-0.39, 0.29) is 35.2 Å². The number of methoxy groups -OCH3 is 2. The van der Waals surface area contributed by atoms with Crippen molar-refractivity contribution < 1.29 is 27.5 Å². The Bertz CT molecular complexity index is 1060. The molecule has 0 atom stereocenters. The third kappa shape index (κ3) is 5.53. The maximum atomic E-state index is 13.0. The third-order valence-electron chi connectivity index (χ3n) is 4.53. The van der Waals surface area contributed by atoms with Gasteiger partial charge >= 0.3 is 0 Å². The molecule has 0 fully saturated rings. The Morgan fingerprint density at radius 3 is 2.16 bits per heavy atom. The topological polar surface area (TPSA) is 114 Å². The molecule has 0 aromatic heterocycles. The normalized spacial score (nSPS) is 11.2. The minimum absolute atomic E-state index is 0.0981. The van der Waals surface area contributed by atoms with E-state index in [0.29, 0.717) is 17.1 Å². The van der Waals surface area contributed by atoms with Gasteiger partial charge in [-0.15, -0.1) is 0 Å². The number of nitrogens with one attached hydrogen (secondary N) is 2. The van der Waals surface area contributed by atoms with E-state index in [1.54, 1.807) is 32.0 Å². The molecule has 0 unspecified atom stereocenters. The molecule has 0 radical (unpaired) electrons. The Hall–Kier alpha value is -3.11. The number of hydrogen-bond donors (Lipinski definition) is 2. The largest absolute Gasteiger partial charge is 0.497 e. The van der Waals surface area contributed by atoms with Gasteiger partial charge in [0, 0.05) is 31.6 Å². The highest BCUT2D eigenvalue weighted by molar-refractivity contribution is 7.89. The number of rotatable bonds is 9. The Kier molecular flexibility index (Phi) is 8.01. The minimum atomic E-state index is -3.86. The van der Waals surface area contributed by atoms with E-state index >= 15 is 0 Å². The van der Waals surface area contributed by atoms with Crippen molar-refractivity contribution in [3.05, 3.63) is 42.0 Å². The van der Waals surface area contributed by atoms with Crippen LogP contribution in [0.2, 0.25) is 0 Å². The maximum absolute atomic E-state index is 13.0. The summed E-state index contributed by atoms with van der Waals surface area (Å²) in [4.78, 5) is 24.3. The van der Waals surface area contributed by atoms with Gasteiger partial charge in [-0.05, 0) is 30.3 Å². The number of benzene rings is 2. The molecule has 0 saturated carbocycles. The highest BCUT2D eigenvalue weighted by Crippen LogP contribution is 2.30. The molecule has 9 nitrogen and oxygen atoms in total. The van der Waals surface area contributed by atoms with Gasteiger partial charge in [0.1, 0.15) is 16.4 Å². The van der Waals surface area contributed by atoms with Crippen LogP contribution in [0.4, 0.5) is 11.4 Å². The van der Waals surface area contributed by atoms with Crippen LogP contribution in [-0.4, -0.2) is 51.8 Å². The third-order valence-corrected chi connectivity index (χ3v) is 6.61. The first kappa shape index (κ1) is 24.2. The number of amides is 2. The lowest BCUT2D eigenvalue weighted by Crippen LogP contribution is -2.31. The fraction of sp³-hybridized carbons (Fsp3) is 0.333. The van der Waals surface area contributed by atoms with Gasteiger partial charge in [-0.3, -0.25) is 9.59 Å². The fourth-order valence-electron chi connectivity index (χ4n) is 2.97. The number of ether oxygens (including phenoxy) is 2. The highest BCUT2D eigenvalue weighted by atomic mass is 32.2. The lowest BCUT2D eigenvalue weighted by Gasteiger charge is -2.20. The van der Waals surface area contributed by atoms with Crippen LogP contribution in [0.25, 0.3) is 0 Å². The number of carbonyl (C=O) groups excluding carboxylic acids is 2. The Balaban J connectivity index is 2.47. The molecular formula is C21H27N3O6S. The van der Waals surface area contributed by atoms with Crippen molar-refractivity contribution in [1.82, 2.24) is 4.31 Å². The van der Waals surface area contributed by atoms with Crippen LogP contribution in [0.5, 0.6) is 11.5 Å². The van der Waals surface area contributed by atoms with Crippen LogP contribution < -0.4 is 20.1 Å². The van der Waals surface area contributed by atoms with Crippen LogP contribution in [0.15, 0.2) is 41.3 Å². The molecule has 10 heteroatoms. The second-order valence-electron chi connectivity index (χ2n) is 6.50. The minimum Gasteiger partial charge on any atom is -0.497 e. The van der Waals surface area contributed by atoms with Crippen LogP contribution in [0, 0.1) is 0 Å².